The van der Waals surface area contributed by atoms with E-state index in [4.69, 9.17) is 10.00 Å². The summed E-state index contributed by atoms with van der Waals surface area (Å²) in [6.45, 7) is 1.29. The number of hydrogen-bond donors (Lipinski definition) is 0. The fourth-order valence-electron chi connectivity index (χ4n) is 1.54. The van der Waals surface area contributed by atoms with Crippen molar-refractivity contribution in [2.75, 3.05) is 20.2 Å². The van der Waals surface area contributed by atoms with Gasteiger partial charge >= 0.3 is 0 Å². The summed E-state index contributed by atoms with van der Waals surface area (Å²) in [6, 6.07) is 3.84. The summed E-state index contributed by atoms with van der Waals surface area (Å²) in [5.41, 5.74) is -0.112. The number of ether oxygens (including phenoxy) is 1. The van der Waals surface area contributed by atoms with Gasteiger partial charge < -0.3 is 9.64 Å². The van der Waals surface area contributed by atoms with E-state index in [0.717, 1.165) is 6.07 Å². The molecule has 0 saturated heterocycles. The van der Waals surface area contributed by atoms with E-state index >= 15 is 0 Å². The molecule has 7 nitrogen and oxygen atoms in total. The fraction of sp³-hybridized carbons (Fsp3) is 0.385. The Hall–Kier alpha value is -2.69. The zero-order chi connectivity index (χ0) is 16.0. The molecule has 0 aromatic heterocycles. The maximum Gasteiger partial charge on any atom is 0.275 e. The second-order valence-electron chi connectivity index (χ2n) is 4.34. The standard InChI is InChI=1S/C13H14FN3O4/c1-9-6-12(10(14)7-11(9)17(19)20)21-8-13(18)16(2)5-3-4-15/h6-7H,3,5,8H2,1-2H3. The molecule has 0 fully saturated rings. The highest BCUT2D eigenvalue weighted by Crippen LogP contribution is 2.26. The number of hydrogen-bond acceptors (Lipinski definition) is 5. The summed E-state index contributed by atoms with van der Waals surface area (Å²) in [4.78, 5) is 22.9. The quantitative estimate of drug-likeness (QED) is 0.588. The van der Waals surface area contributed by atoms with Crippen molar-refractivity contribution in [3.05, 3.63) is 33.6 Å². The van der Waals surface area contributed by atoms with Gasteiger partial charge in [0.2, 0.25) is 0 Å². The molecule has 0 heterocycles. The molecule has 0 aliphatic carbocycles. The molecule has 0 bridgehead atoms. The van der Waals surface area contributed by atoms with Crippen LogP contribution in [-0.2, 0) is 4.79 Å². The number of benzene rings is 1. The lowest BCUT2D eigenvalue weighted by Crippen LogP contribution is -2.32. The van der Waals surface area contributed by atoms with Gasteiger partial charge in [-0.2, -0.15) is 5.26 Å². The molecule has 0 unspecified atom stereocenters. The molecule has 0 radical (unpaired) electrons. The number of halogens is 1. The van der Waals surface area contributed by atoms with E-state index in [2.05, 4.69) is 0 Å². The van der Waals surface area contributed by atoms with Crippen LogP contribution in [0.15, 0.2) is 12.1 Å². The molecule has 1 amide bonds. The molecule has 0 aliphatic heterocycles. The van der Waals surface area contributed by atoms with Gasteiger partial charge in [-0.05, 0) is 13.0 Å². The van der Waals surface area contributed by atoms with Gasteiger partial charge in [0, 0.05) is 19.2 Å². The van der Waals surface area contributed by atoms with Crippen LogP contribution < -0.4 is 4.74 Å². The Labute approximate surface area is 120 Å². The van der Waals surface area contributed by atoms with Gasteiger partial charge in [0.1, 0.15) is 0 Å². The molecule has 0 atom stereocenters. The number of nitrogens with zero attached hydrogens (tertiary/aromatic N) is 3. The van der Waals surface area contributed by atoms with E-state index in [1.54, 1.807) is 0 Å². The number of aryl methyl sites for hydroxylation is 1. The third kappa shape index (κ3) is 4.42. The first kappa shape index (κ1) is 16.4. The minimum atomic E-state index is -0.903. The van der Waals surface area contributed by atoms with E-state index in [1.807, 2.05) is 6.07 Å². The van der Waals surface area contributed by atoms with Crippen molar-refractivity contribution in [1.29, 1.82) is 5.26 Å². The molecular formula is C13H14FN3O4. The Morgan fingerprint density at radius 2 is 2.24 bits per heavy atom. The molecular weight excluding hydrogens is 281 g/mol. The summed E-state index contributed by atoms with van der Waals surface area (Å²) >= 11 is 0. The van der Waals surface area contributed by atoms with Crippen LogP contribution in [-0.4, -0.2) is 35.9 Å². The first-order chi connectivity index (χ1) is 9.86. The van der Waals surface area contributed by atoms with E-state index in [9.17, 15) is 19.3 Å². The number of carbonyl (C=O) groups excluding carboxylic acids is 1. The Morgan fingerprint density at radius 3 is 2.81 bits per heavy atom. The Balaban J connectivity index is 2.72. The van der Waals surface area contributed by atoms with Gasteiger partial charge in [0.15, 0.2) is 18.2 Å². The highest BCUT2D eigenvalue weighted by Gasteiger charge is 2.17. The molecule has 0 N–H and O–H groups in total. The molecule has 1 aromatic rings. The molecule has 112 valence electrons. The van der Waals surface area contributed by atoms with Crippen molar-refractivity contribution in [2.45, 2.75) is 13.3 Å². The summed E-state index contributed by atoms with van der Waals surface area (Å²) in [5, 5.41) is 19.1. The third-order valence-electron chi connectivity index (χ3n) is 2.78. The highest BCUT2D eigenvalue weighted by molar-refractivity contribution is 5.77. The van der Waals surface area contributed by atoms with Gasteiger partial charge in [0.25, 0.3) is 11.6 Å². The maximum absolute atomic E-state index is 13.6. The predicted octanol–water partition coefficient (Wildman–Crippen LogP) is 1.79. The first-order valence-corrected chi connectivity index (χ1v) is 6.05. The molecule has 0 saturated carbocycles. The third-order valence-corrected chi connectivity index (χ3v) is 2.78. The van der Waals surface area contributed by atoms with Crippen molar-refractivity contribution in [2.24, 2.45) is 0 Å². The Bertz CT molecular complexity index is 598. The summed E-state index contributed by atoms with van der Waals surface area (Å²) < 4.78 is 18.7. The lowest BCUT2D eigenvalue weighted by atomic mass is 10.2. The molecule has 1 aromatic carbocycles. The summed E-state index contributed by atoms with van der Waals surface area (Å²) in [5.74, 6) is -1.54. The summed E-state index contributed by atoms with van der Waals surface area (Å²) in [7, 11) is 1.50. The number of nitriles is 1. The number of rotatable bonds is 6. The normalized spacial score (nSPS) is 9.81. The second-order valence-corrected chi connectivity index (χ2v) is 4.34. The monoisotopic (exact) mass is 295 g/mol. The average Bonchev–Trinajstić information content (AvgIpc) is 2.44. The van der Waals surface area contributed by atoms with Gasteiger partial charge in [-0.3, -0.25) is 14.9 Å². The zero-order valence-corrected chi connectivity index (χ0v) is 11.6. The molecule has 8 heteroatoms. The van der Waals surface area contributed by atoms with Gasteiger partial charge in [0.05, 0.1) is 23.5 Å². The second kappa shape index (κ2) is 7.19. The van der Waals surface area contributed by atoms with Crippen molar-refractivity contribution >= 4 is 11.6 Å². The van der Waals surface area contributed by atoms with E-state index in [1.165, 1.54) is 24.9 Å². The molecule has 21 heavy (non-hydrogen) atoms. The van der Waals surface area contributed by atoms with E-state index in [0.29, 0.717) is 0 Å². The van der Waals surface area contributed by atoms with Crippen LogP contribution in [0.4, 0.5) is 10.1 Å². The van der Waals surface area contributed by atoms with Crippen LogP contribution in [0, 0.1) is 34.2 Å². The highest BCUT2D eigenvalue weighted by atomic mass is 19.1. The smallest absolute Gasteiger partial charge is 0.275 e. The van der Waals surface area contributed by atoms with Crippen molar-refractivity contribution < 1.29 is 18.8 Å². The van der Waals surface area contributed by atoms with Crippen molar-refractivity contribution in [3.8, 4) is 11.8 Å². The van der Waals surface area contributed by atoms with Gasteiger partial charge in [-0.1, -0.05) is 0 Å². The van der Waals surface area contributed by atoms with Crippen LogP contribution in [0.25, 0.3) is 0 Å². The van der Waals surface area contributed by atoms with Crippen LogP contribution in [0.3, 0.4) is 0 Å². The zero-order valence-electron chi connectivity index (χ0n) is 11.6. The number of likely N-dealkylation sites (N-methyl/N-ethyl adjacent to an activating group) is 1. The van der Waals surface area contributed by atoms with Crippen molar-refractivity contribution in [3.63, 3.8) is 0 Å². The van der Waals surface area contributed by atoms with Crippen LogP contribution >= 0.6 is 0 Å². The first-order valence-electron chi connectivity index (χ1n) is 6.05. The maximum atomic E-state index is 13.6. The SMILES string of the molecule is Cc1cc(OCC(=O)N(C)CCC#N)c(F)cc1[N+](=O)[O-]. The van der Waals surface area contributed by atoms with E-state index < -0.39 is 23.3 Å². The lowest BCUT2D eigenvalue weighted by molar-refractivity contribution is -0.385. The molecule has 0 spiro atoms. The fourth-order valence-corrected chi connectivity index (χ4v) is 1.54. The van der Waals surface area contributed by atoms with Crippen LogP contribution in [0.5, 0.6) is 5.75 Å². The predicted molar refractivity (Wildman–Crippen MR) is 71.2 cm³/mol. The Morgan fingerprint density at radius 1 is 1.57 bits per heavy atom. The molecule has 1 rings (SSSR count). The minimum absolute atomic E-state index is 0.188. The number of nitro groups is 1. The number of nitro benzene ring substituents is 1. The van der Waals surface area contributed by atoms with Gasteiger partial charge in [-0.25, -0.2) is 4.39 Å². The minimum Gasteiger partial charge on any atom is -0.481 e. The Kier molecular flexibility index (Phi) is 5.60. The number of carbonyl (C=O) groups is 1. The van der Waals surface area contributed by atoms with Gasteiger partial charge in [-0.15, -0.1) is 0 Å². The van der Waals surface area contributed by atoms with E-state index in [-0.39, 0.29) is 30.0 Å². The lowest BCUT2D eigenvalue weighted by Gasteiger charge is -2.16. The van der Waals surface area contributed by atoms with Crippen LogP contribution in [0.2, 0.25) is 0 Å². The largest absolute Gasteiger partial charge is 0.481 e. The topological polar surface area (TPSA) is 96.5 Å². The van der Waals surface area contributed by atoms with Crippen molar-refractivity contribution in [1.82, 2.24) is 4.90 Å². The number of amides is 1. The average molecular weight is 295 g/mol. The van der Waals surface area contributed by atoms with Crippen LogP contribution in [0.1, 0.15) is 12.0 Å². The summed E-state index contributed by atoms with van der Waals surface area (Å²) in [6.07, 6.45) is 0.188. The molecule has 0 aliphatic rings.